The molecule has 53 heavy (non-hydrogen) atoms. The van der Waals surface area contributed by atoms with E-state index >= 15 is 0 Å². The molecular formula is C42H47NO10. The summed E-state index contributed by atoms with van der Waals surface area (Å²) in [5, 5.41) is 12.4. The molecule has 2 amide bonds. The minimum atomic E-state index is -1.73. The zero-order chi connectivity index (χ0) is 38.4. The number of amides is 2. The quantitative estimate of drug-likeness (QED) is 0.165. The fourth-order valence-electron chi connectivity index (χ4n) is 8.98. The summed E-state index contributed by atoms with van der Waals surface area (Å²) in [4.78, 5) is 72.0. The van der Waals surface area contributed by atoms with E-state index < -0.39 is 57.8 Å². The van der Waals surface area contributed by atoms with Crippen LogP contribution in [-0.4, -0.2) is 61.9 Å². The first-order valence-electron chi connectivity index (χ1n) is 18.4. The molecule has 1 saturated carbocycles. The van der Waals surface area contributed by atoms with Gasteiger partial charge in [0, 0.05) is 47.8 Å². The van der Waals surface area contributed by atoms with Crippen molar-refractivity contribution in [3.8, 4) is 17.2 Å². The number of hydrogen-bond donors (Lipinski definition) is 1. The largest absolute Gasteiger partial charge is 0.506 e. The molecule has 1 aromatic rings. The third-order valence-corrected chi connectivity index (χ3v) is 11.6. The van der Waals surface area contributed by atoms with Crippen LogP contribution < -0.4 is 9.47 Å². The van der Waals surface area contributed by atoms with Gasteiger partial charge < -0.3 is 24.2 Å². The normalized spacial score (nSPS) is 30.2. The van der Waals surface area contributed by atoms with Gasteiger partial charge in [-0.3, -0.25) is 19.2 Å². The van der Waals surface area contributed by atoms with E-state index in [1.54, 1.807) is 6.08 Å². The Morgan fingerprint density at radius 2 is 1.64 bits per heavy atom. The highest BCUT2D eigenvalue weighted by Gasteiger charge is 2.81. The fraction of sp³-hybridized carbons (Fsp3) is 0.500. The summed E-state index contributed by atoms with van der Waals surface area (Å²) in [5.41, 5.74) is -1.50. The van der Waals surface area contributed by atoms with Crippen LogP contribution in [0.5, 0.6) is 17.2 Å². The average molecular weight is 726 g/mol. The summed E-state index contributed by atoms with van der Waals surface area (Å²) in [6, 6.07) is 0. The highest BCUT2D eigenvalue weighted by molar-refractivity contribution is 6.19. The lowest BCUT2D eigenvalue weighted by Crippen LogP contribution is -2.72. The van der Waals surface area contributed by atoms with E-state index in [-0.39, 0.29) is 53.3 Å². The molecule has 11 nitrogen and oxygen atoms in total. The second-order valence-corrected chi connectivity index (χ2v) is 16.4. The lowest BCUT2D eigenvalue weighted by atomic mass is 9.51. The number of aromatic hydroxyl groups is 1. The minimum Gasteiger partial charge on any atom is -0.506 e. The van der Waals surface area contributed by atoms with Crippen LogP contribution in [0.2, 0.25) is 0 Å². The van der Waals surface area contributed by atoms with E-state index in [1.165, 1.54) is 18.6 Å². The van der Waals surface area contributed by atoms with E-state index in [0.717, 1.165) is 12.0 Å². The van der Waals surface area contributed by atoms with Crippen LogP contribution >= 0.6 is 0 Å². The molecule has 4 aliphatic heterocycles. The maximum absolute atomic E-state index is 14.9. The molecule has 3 aliphatic carbocycles. The van der Waals surface area contributed by atoms with Crippen molar-refractivity contribution in [1.82, 2.24) is 5.06 Å². The molecule has 2 saturated heterocycles. The lowest BCUT2D eigenvalue weighted by molar-refractivity contribution is -0.194. The van der Waals surface area contributed by atoms with Crippen molar-refractivity contribution in [3.63, 3.8) is 0 Å². The van der Waals surface area contributed by atoms with Crippen LogP contribution in [0, 0.1) is 11.8 Å². The molecule has 7 aliphatic rings. The number of nitrogens with zero attached hydrogens (tertiary/aromatic N) is 1. The van der Waals surface area contributed by atoms with Gasteiger partial charge in [-0.2, -0.15) is 0 Å². The van der Waals surface area contributed by atoms with Crippen molar-refractivity contribution in [3.05, 3.63) is 69.4 Å². The Kier molecular flexibility index (Phi) is 8.56. The highest BCUT2D eigenvalue weighted by atomic mass is 16.7. The van der Waals surface area contributed by atoms with E-state index in [1.807, 2.05) is 66.7 Å². The van der Waals surface area contributed by atoms with Crippen molar-refractivity contribution < 1.29 is 48.1 Å². The molecule has 4 heterocycles. The van der Waals surface area contributed by atoms with Crippen LogP contribution in [0.15, 0.2) is 52.7 Å². The molecule has 1 aromatic carbocycles. The molecule has 1 N–H and O–H groups in total. The predicted molar refractivity (Wildman–Crippen MR) is 194 cm³/mol. The molecular weight excluding hydrogens is 678 g/mol. The van der Waals surface area contributed by atoms with E-state index in [4.69, 9.17) is 19.0 Å². The Morgan fingerprint density at radius 3 is 2.30 bits per heavy atom. The van der Waals surface area contributed by atoms with Crippen molar-refractivity contribution in [2.45, 2.75) is 123 Å². The number of ketones is 2. The summed E-state index contributed by atoms with van der Waals surface area (Å²) < 4.78 is 20.8. The number of Topliss-reactive ketones (excluding diaryl/α,β-unsaturated/α-hetero) is 2. The predicted octanol–water partition coefficient (Wildman–Crippen LogP) is 6.76. The number of benzene rings is 1. The lowest BCUT2D eigenvalue weighted by Gasteiger charge is -2.56. The van der Waals surface area contributed by atoms with Gasteiger partial charge >= 0.3 is 5.97 Å². The van der Waals surface area contributed by atoms with Crippen LogP contribution in [0.1, 0.15) is 115 Å². The molecule has 5 atom stereocenters. The Balaban J connectivity index is 1.36. The topological polar surface area (TPSA) is 146 Å². The summed E-state index contributed by atoms with van der Waals surface area (Å²) in [6.45, 7) is 15.2. The van der Waals surface area contributed by atoms with Crippen LogP contribution in [0.3, 0.4) is 0 Å². The van der Waals surface area contributed by atoms with E-state index in [2.05, 4.69) is 6.08 Å². The zero-order valence-corrected chi connectivity index (χ0v) is 31.6. The number of carbonyl (C=O) groups is 5. The summed E-state index contributed by atoms with van der Waals surface area (Å²) in [5.74, 6) is -3.68. The number of allylic oxidation sites excluding steroid dienone is 5. The highest BCUT2D eigenvalue weighted by Crippen LogP contribution is 2.68. The Labute approximate surface area is 309 Å². The third-order valence-electron chi connectivity index (χ3n) is 11.6. The summed E-state index contributed by atoms with van der Waals surface area (Å²) in [6.07, 6.45) is 12.9. The Morgan fingerprint density at radius 1 is 0.962 bits per heavy atom. The second-order valence-electron chi connectivity index (χ2n) is 16.4. The number of hydroxylamine groups is 2. The number of fused-ring (bicyclic) bond motifs is 2. The molecule has 4 bridgehead atoms. The maximum Gasteiger partial charge on any atom is 0.359 e. The first-order valence-corrected chi connectivity index (χ1v) is 18.4. The molecule has 0 radical (unpaired) electrons. The van der Waals surface area contributed by atoms with Gasteiger partial charge in [0.05, 0.1) is 11.2 Å². The van der Waals surface area contributed by atoms with Gasteiger partial charge in [-0.25, -0.2) is 4.79 Å². The van der Waals surface area contributed by atoms with Gasteiger partial charge in [0.25, 0.3) is 11.8 Å². The SMILES string of the molecule is CC(C)=CCCC1(C)C=Cc2c(O)c3c(c(CC=C(C)C)c2O1)OC12C(=CC4CC1C(C)(C)OC2(C/C=C(/C)C(=O)ON1C(=O)CCC1=O)C4=O)C3=O. The smallest absolute Gasteiger partial charge is 0.359 e. The second kappa shape index (κ2) is 12.4. The first kappa shape index (κ1) is 36.6. The van der Waals surface area contributed by atoms with Crippen LogP contribution in [-0.2, 0) is 35.2 Å². The number of carbonyl (C=O) groups excluding carboxylic acids is 5. The molecule has 3 fully saturated rings. The zero-order valence-electron chi connectivity index (χ0n) is 31.6. The minimum absolute atomic E-state index is 0.0155. The number of rotatable bonds is 9. The van der Waals surface area contributed by atoms with Crippen molar-refractivity contribution in [2.75, 3.05) is 0 Å². The van der Waals surface area contributed by atoms with Gasteiger partial charge in [-0.05, 0) is 93.2 Å². The standard InChI is InChI=1S/C42H47NO10/c1-22(2)10-9-17-40(8)18-16-26-33(46)32-34(47)28-20-25-21-29-39(6,7)53-41(37(25)48,19-15-24(5)38(49)52-43-30(44)13-14-31(43)45)42(28,29)51-36(32)27(35(26)50-40)12-11-23(3)4/h10-11,15-16,18,20,25,29,46H,9,12-14,17,19,21H2,1-8H3/b24-15-. The maximum atomic E-state index is 14.9. The number of phenolic OH excluding ortho intramolecular Hbond substituents is 1. The molecule has 8 rings (SSSR count). The fourth-order valence-corrected chi connectivity index (χ4v) is 8.98. The van der Waals surface area contributed by atoms with Crippen molar-refractivity contribution in [2.24, 2.45) is 11.8 Å². The molecule has 280 valence electrons. The third kappa shape index (κ3) is 5.44. The molecule has 5 unspecified atom stereocenters. The summed E-state index contributed by atoms with van der Waals surface area (Å²) >= 11 is 0. The van der Waals surface area contributed by atoms with Gasteiger partial charge in [-0.15, -0.1) is 5.06 Å². The molecule has 1 spiro atoms. The number of ether oxygens (including phenoxy) is 3. The van der Waals surface area contributed by atoms with Gasteiger partial charge in [-0.1, -0.05) is 35.5 Å². The molecule has 0 aromatic heterocycles. The number of imide groups is 1. The van der Waals surface area contributed by atoms with Crippen LogP contribution in [0.25, 0.3) is 6.08 Å². The summed E-state index contributed by atoms with van der Waals surface area (Å²) in [7, 11) is 0. The van der Waals surface area contributed by atoms with Gasteiger partial charge in [0.2, 0.25) is 0 Å². The average Bonchev–Trinajstić information content (AvgIpc) is 3.47. The van der Waals surface area contributed by atoms with Crippen molar-refractivity contribution >= 4 is 35.4 Å². The van der Waals surface area contributed by atoms with Gasteiger partial charge in [0.1, 0.15) is 28.4 Å². The molecule has 11 heteroatoms. The monoisotopic (exact) mass is 725 g/mol. The van der Waals surface area contributed by atoms with E-state index in [0.29, 0.717) is 41.2 Å². The Hall–Kier alpha value is -4.77. The van der Waals surface area contributed by atoms with Gasteiger partial charge in [0.15, 0.2) is 22.8 Å². The van der Waals surface area contributed by atoms with E-state index in [9.17, 15) is 29.1 Å². The van der Waals surface area contributed by atoms with Crippen molar-refractivity contribution in [1.29, 1.82) is 0 Å². The van der Waals surface area contributed by atoms with Crippen LogP contribution in [0.4, 0.5) is 0 Å². The first-order chi connectivity index (χ1) is 24.9. The number of phenols is 1. The Bertz CT molecular complexity index is 2020. The number of hydrogen-bond acceptors (Lipinski definition) is 10.